The van der Waals surface area contributed by atoms with Gasteiger partial charge in [-0.3, -0.25) is 14.4 Å². The van der Waals surface area contributed by atoms with E-state index in [-0.39, 0.29) is 24.2 Å². The van der Waals surface area contributed by atoms with Crippen LogP contribution < -0.4 is 0 Å². The Kier molecular flexibility index (Phi) is 9.81. The number of fused-ring (bicyclic) bond motifs is 1. The maximum atomic E-state index is 13.6. The lowest BCUT2D eigenvalue weighted by molar-refractivity contribution is -0.162. The molecule has 0 saturated carbocycles. The van der Waals surface area contributed by atoms with Crippen molar-refractivity contribution in [2.24, 2.45) is 11.3 Å². The number of nitrogens with zero attached hydrogens (tertiary/aromatic N) is 2. The first-order valence-electron chi connectivity index (χ1n) is 13.5. The zero-order chi connectivity index (χ0) is 23.7. The highest BCUT2D eigenvalue weighted by Gasteiger charge is 2.54. The number of piperidine rings is 2. The van der Waals surface area contributed by atoms with Crippen molar-refractivity contribution >= 4 is 17.8 Å². The van der Waals surface area contributed by atoms with Crippen LogP contribution in [-0.2, 0) is 19.1 Å². The van der Waals surface area contributed by atoms with Gasteiger partial charge in [-0.05, 0) is 58.3 Å². The molecule has 0 radical (unpaired) electrons. The highest BCUT2D eigenvalue weighted by atomic mass is 16.5. The highest BCUT2D eigenvalue weighted by Crippen LogP contribution is 2.50. The van der Waals surface area contributed by atoms with Crippen molar-refractivity contribution < 1.29 is 19.1 Å². The van der Waals surface area contributed by atoms with E-state index in [0.29, 0.717) is 26.0 Å². The molecule has 6 nitrogen and oxygen atoms in total. The van der Waals surface area contributed by atoms with Crippen LogP contribution in [0.1, 0.15) is 104 Å². The maximum absolute atomic E-state index is 13.6. The molecule has 6 heteroatoms. The molecule has 0 N–H and O–H groups in total. The molecule has 33 heavy (non-hydrogen) atoms. The first kappa shape index (κ1) is 25.8. The minimum Gasteiger partial charge on any atom is -0.465 e. The van der Waals surface area contributed by atoms with Crippen LogP contribution in [0, 0.1) is 11.3 Å². The van der Waals surface area contributed by atoms with Gasteiger partial charge in [0.2, 0.25) is 11.8 Å². The van der Waals surface area contributed by atoms with Gasteiger partial charge in [0.05, 0.1) is 6.61 Å². The molecule has 0 aromatic heterocycles. The van der Waals surface area contributed by atoms with Crippen molar-refractivity contribution in [3.8, 4) is 0 Å². The Morgan fingerprint density at radius 3 is 2.48 bits per heavy atom. The van der Waals surface area contributed by atoms with Crippen LogP contribution >= 0.6 is 0 Å². The second-order valence-corrected chi connectivity index (χ2v) is 10.1. The topological polar surface area (TPSA) is 66.9 Å². The molecule has 2 heterocycles. The van der Waals surface area contributed by atoms with Crippen LogP contribution in [0.5, 0.6) is 0 Å². The molecule has 186 valence electrons. The molecule has 0 aromatic carbocycles. The Morgan fingerprint density at radius 1 is 1.03 bits per heavy atom. The van der Waals surface area contributed by atoms with Crippen LogP contribution in [0.25, 0.3) is 0 Å². The van der Waals surface area contributed by atoms with Crippen molar-refractivity contribution in [3.63, 3.8) is 0 Å². The lowest BCUT2D eigenvalue weighted by Gasteiger charge is -2.48. The normalized spacial score (nSPS) is 25.5. The molecular formula is C27H44N2O4. The van der Waals surface area contributed by atoms with Crippen LogP contribution in [0.3, 0.4) is 0 Å². The molecule has 2 atom stereocenters. The zero-order valence-corrected chi connectivity index (χ0v) is 20.9. The number of hydrogen-bond donors (Lipinski definition) is 0. The Balaban J connectivity index is 1.78. The number of amides is 2. The molecule has 2 fully saturated rings. The predicted molar refractivity (Wildman–Crippen MR) is 129 cm³/mol. The Hall–Kier alpha value is -1.85. The van der Waals surface area contributed by atoms with Crippen molar-refractivity contribution in [3.05, 3.63) is 11.8 Å². The molecule has 0 bridgehead atoms. The monoisotopic (exact) mass is 460 g/mol. The predicted octanol–water partition coefficient (Wildman–Crippen LogP) is 5.22. The maximum Gasteiger partial charge on any atom is 0.318 e. The van der Waals surface area contributed by atoms with Crippen molar-refractivity contribution in [1.82, 2.24) is 9.80 Å². The van der Waals surface area contributed by atoms with Crippen LogP contribution in [0.2, 0.25) is 0 Å². The molecule has 2 aliphatic heterocycles. The molecule has 2 saturated heterocycles. The molecule has 0 spiro atoms. The highest BCUT2D eigenvalue weighted by molar-refractivity contribution is 5.92. The van der Waals surface area contributed by atoms with Gasteiger partial charge in [-0.15, -0.1) is 0 Å². The first-order chi connectivity index (χ1) is 16.0. The number of hydrogen-bond acceptors (Lipinski definition) is 4. The van der Waals surface area contributed by atoms with Crippen LogP contribution in [0.15, 0.2) is 11.8 Å². The number of allylic oxidation sites excluding steroid dienone is 1. The average molecular weight is 461 g/mol. The summed E-state index contributed by atoms with van der Waals surface area (Å²) in [6, 6.07) is 0. The molecule has 3 rings (SSSR count). The smallest absolute Gasteiger partial charge is 0.318 e. The standard InChI is InChI=1S/C27H44N2O4/c1-3-5-6-7-8-14-19-29-23-15-10-11-16-27(23,26(32)33-4-2)21-22(25(29)31)20-24(30)28-17-12-9-13-18-28/h15,22H,3-14,16-21H2,1-2H3/t22-,27+/m1/s1. The summed E-state index contributed by atoms with van der Waals surface area (Å²) in [6.45, 7) is 6.58. The summed E-state index contributed by atoms with van der Waals surface area (Å²) in [5, 5.41) is 0. The number of esters is 1. The van der Waals surface area contributed by atoms with Gasteiger partial charge in [-0.1, -0.05) is 45.1 Å². The third-order valence-corrected chi connectivity index (χ3v) is 7.67. The van der Waals surface area contributed by atoms with E-state index < -0.39 is 11.3 Å². The summed E-state index contributed by atoms with van der Waals surface area (Å²) in [7, 11) is 0. The number of likely N-dealkylation sites (tertiary alicyclic amines) is 2. The van der Waals surface area contributed by atoms with E-state index in [1.165, 1.54) is 25.7 Å². The summed E-state index contributed by atoms with van der Waals surface area (Å²) in [5.41, 5.74) is 0.0736. The van der Waals surface area contributed by atoms with Gasteiger partial charge in [-0.2, -0.15) is 0 Å². The SMILES string of the molecule is CCCCCCCCN1C(=O)[C@H](CC(=O)N2CCCCC2)C[C@@]2(C(=O)OCC)CCCC=C12. The average Bonchev–Trinajstić information content (AvgIpc) is 2.83. The van der Waals surface area contributed by atoms with Crippen molar-refractivity contribution in [2.45, 2.75) is 104 Å². The number of rotatable bonds is 11. The molecular weight excluding hydrogens is 416 g/mol. The number of unbranched alkanes of at least 4 members (excludes halogenated alkanes) is 5. The molecule has 3 aliphatic rings. The summed E-state index contributed by atoms with van der Waals surface area (Å²) in [6.07, 6.45) is 15.3. The zero-order valence-electron chi connectivity index (χ0n) is 20.9. The molecule has 1 aliphatic carbocycles. The largest absolute Gasteiger partial charge is 0.465 e. The summed E-state index contributed by atoms with van der Waals surface area (Å²) in [4.78, 5) is 43.8. The fourth-order valence-electron chi connectivity index (χ4n) is 5.87. The minimum absolute atomic E-state index is 0.0296. The third kappa shape index (κ3) is 6.19. The summed E-state index contributed by atoms with van der Waals surface area (Å²) in [5.74, 6) is -0.567. The van der Waals surface area contributed by atoms with E-state index >= 15 is 0 Å². The van der Waals surface area contributed by atoms with Gasteiger partial charge in [0.25, 0.3) is 0 Å². The molecule has 2 amide bonds. The van der Waals surface area contributed by atoms with Gasteiger partial charge < -0.3 is 14.5 Å². The van der Waals surface area contributed by atoms with E-state index in [1.54, 1.807) is 0 Å². The second kappa shape index (κ2) is 12.6. The quantitative estimate of drug-likeness (QED) is 0.313. The van der Waals surface area contributed by atoms with Crippen molar-refractivity contribution in [1.29, 1.82) is 0 Å². The molecule has 0 aromatic rings. The van der Waals surface area contributed by atoms with Gasteiger partial charge in [0.1, 0.15) is 5.41 Å². The lowest BCUT2D eigenvalue weighted by Crippen LogP contribution is -2.54. The third-order valence-electron chi connectivity index (χ3n) is 7.67. The first-order valence-corrected chi connectivity index (χ1v) is 13.5. The number of carbonyl (C=O) groups is 3. The van der Waals surface area contributed by atoms with Gasteiger partial charge in [0.15, 0.2) is 0 Å². The van der Waals surface area contributed by atoms with E-state index in [4.69, 9.17) is 4.74 Å². The van der Waals surface area contributed by atoms with E-state index in [9.17, 15) is 14.4 Å². The van der Waals surface area contributed by atoms with E-state index in [0.717, 1.165) is 63.7 Å². The van der Waals surface area contributed by atoms with Crippen LogP contribution in [0.4, 0.5) is 0 Å². The van der Waals surface area contributed by atoms with Crippen LogP contribution in [-0.4, -0.2) is 53.8 Å². The minimum atomic E-state index is -0.781. The van der Waals surface area contributed by atoms with Crippen molar-refractivity contribution in [2.75, 3.05) is 26.2 Å². The summed E-state index contributed by atoms with van der Waals surface area (Å²) < 4.78 is 5.55. The van der Waals surface area contributed by atoms with Gasteiger partial charge in [-0.25, -0.2) is 0 Å². The molecule has 0 unspecified atom stereocenters. The Bertz CT molecular complexity index is 713. The number of carbonyl (C=O) groups excluding carboxylic acids is 3. The van der Waals surface area contributed by atoms with Gasteiger partial charge >= 0.3 is 5.97 Å². The van der Waals surface area contributed by atoms with E-state index in [1.807, 2.05) is 16.7 Å². The fourth-order valence-corrected chi connectivity index (χ4v) is 5.87. The Labute approximate surface area is 200 Å². The second-order valence-electron chi connectivity index (χ2n) is 10.1. The van der Waals surface area contributed by atoms with Gasteiger partial charge in [0, 0.05) is 37.7 Å². The fraction of sp³-hybridized carbons (Fsp3) is 0.815. The van der Waals surface area contributed by atoms with E-state index in [2.05, 4.69) is 13.0 Å². The lowest BCUT2D eigenvalue weighted by atomic mass is 9.66. The summed E-state index contributed by atoms with van der Waals surface area (Å²) >= 11 is 0. The number of ether oxygens (including phenoxy) is 1. The Morgan fingerprint density at radius 2 is 1.76 bits per heavy atom.